The Morgan fingerprint density at radius 3 is 2.73 bits per heavy atom. The molecule has 15 heavy (non-hydrogen) atoms. The van der Waals surface area contributed by atoms with Crippen molar-refractivity contribution in [2.75, 3.05) is 13.2 Å². The van der Waals surface area contributed by atoms with Crippen molar-refractivity contribution in [1.82, 2.24) is 5.32 Å². The van der Waals surface area contributed by atoms with Crippen molar-refractivity contribution >= 4 is 21.8 Å². The van der Waals surface area contributed by atoms with Gasteiger partial charge in [0.05, 0.1) is 12.5 Å². The third-order valence-electron chi connectivity index (χ3n) is 3.29. The zero-order valence-corrected chi connectivity index (χ0v) is 10.5. The van der Waals surface area contributed by atoms with E-state index >= 15 is 0 Å². The van der Waals surface area contributed by atoms with Crippen LogP contribution in [0, 0.1) is 5.92 Å². The summed E-state index contributed by atoms with van der Waals surface area (Å²) < 4.78 is 5.32. The summed E-state index contributed by atoms with van der Waals surface area (Å²) in [6.07, 6.45) is 5.48. The molecule has 3 atom stereocenters. The van der Waals surface area contributed by atoms with Crippen LogP contribution in [-0.2, 0) is 9.53 Å². The van der Waals surface area contributed by atoms with E-state index in [9.17, 15) is 4.79 Å². The molecule has 86 valence electrons. The highest BCUT2D eigenvalue weighted by atomic mass is 79.9. The summed E-state index contributed by atoms with van der Waals surface area (Å²) in [7, 11) is 0. The Bertz CT molecular complexity index is 229. The third kappa shape index (κ3) is 2.94. The largest absolute Gasteiger partial charge is 0.381 e. The zero-order chi connectivity index (χ0) is 10.7. The summed E-state index contributed by atoms with van der Waals surface area (Å²) >= 11 is 3.61. The van der Waals surface area contributed by atoms with Gasteiger partial charge in [-0.25, -0.2) is 0 Å². The zero-order valence-electron chi connectivity index (χ0n) is 8.88. The maximum atomic E-state index is 11.9. The Morgan fingerprint density at radius 1 is 1.27 bits per heavy atom. The van der Waals surface area contributed by atoms with Crippen LogP contribution in [0.2, 0.25) is 0 Å². The normalized spacial score (nSPS) is 36.5. The van der Waals surface area contributed by atoms with E-state index in [1.807, 2.05) is 0 Å². The lowest BCUT2D eigenvalue weighted by atomic mass is 10.0. The Labute approximate surface area is 99.1 Å². The predicted octanol–water partition coefficient (Wildman–Crippen LogP) is 1.85. The van der Waals surface area contributed by atoms with E-state index < -0.39 is 0 Å². The van der Waals surface area contributed by atoms with E-state index in [1.165, 1.54) is 12.8 Å². The first-order valence-electron chi connectivity index (χ1n) is 5.79. The van der Waals surface area contributed by atoms with Crippen LogP contribution in [-0.4, -0.2) is 30.0 Å². The molecule has 1 saturated carbocycles. The van der Waals surface area contributed by atoms with E-state index in [4.69, 9.17) is 4.74 Å². The predicted molar refractivity (Wildman–Crippen MR) is 62.0 cm³/mol. The van der Waals surface area contributed by atoms with Crippen LogP contribution < -0.4 is 5.32 Å². The summed E-state index contributed by atoms with van der Waals surface area (Å²) in [5.41, 5.74) is 0. The van der Waals surface area contributed by atoms with E-state index in [0.29, 0.717) is 17.5 Å². The fourth-order valence-electron chi connectivity index (χ4n) is 2.33. The number of rotatable bonds is 2. The molecule has 2 aliphatic rings. The highest BCUT2D eigenvalue weighted by Gasteiger charge is 2.29. The summed E-state index contributed by atoms with van der Waals surface area (Å²) in [5, 5.41) is 3.13. The quantitative estimate of drug-likeness (QED) is 0.782. The molecule has 0 radical (unpaired) electrons. The average Bonchev–Trinajstić information content (AvgIpc) is 2.66. The number of amides is 1. The molecule has 1 heterocycles. The molecule has 2 fully saturated rings. The van der Waals surface area contributed by atoms with Gasteiger partial charge in [-0.3, -0.25) is 4.79 Å². The minimum Gasteiger partial charge on any atom is -0.381 e. The number of ether oxygens (including phenoxy) is 1. The Morgan fingerprint density at radius 2 is 2.13 bits per heavy atom. The maximum Gasteiger partial charge on any atom is 0.225 e. The average molecular weight is 276 g/mol. The van der Waals surface area contributed by atoms with E-state index in [1.54, 1.807) is 0 Å². The van der Waals surface area contributed by atoms with Gasteiger partial charge in [-0.1, -0.05) is 22.4 Å². The van der Waals surface area contributed by atoms with Crippen LogP contribution in [0.3, 0.4) is 0 Å². The van der Waals surface area contributed by atoms with Crippen LogP contribution in [0.25, 0.3) is 0 Å². The summed E-state index contributed by atoms with van der Waals surface area (Å²) in [6, 6.07) is 0.333. The maximum absolute atomic E-state index is 11.9. The van der Waals surface area contributed by atoms with Gasteiger partial charge >= 0.3 is 0 Å². The van der Waals surface area contributed by atoms with Gasteiger partial charge in [-0.05, 0) is 25.7 Å². The van der Waals surface area contributed by atoms with Gasteiger partial charge in [0, 0.05) is 17.5 Å². The first-order valence-corrected chi connectivity index (χ1v) is 6.71. The van der Waals surface area contributed by atoms with E-state index in [0.717, 1.165) is 25.9 Å². The monoisotopic (exact) mass is 275 g/mol. The molecule has 3 unspecified atom stereocenters. The number of carbonyl (C=O) groups is 1. The first kappa shape index (κ1) is 11.4. The Hall–Kier alpha value is -0.0900. The highest BCUT2D eigenvalue weighted by molar-refractivity contribution is 9.09. The van der Waals surface area contributed by atoms with Crippen LogP contribution >= 0.6 is 15.9 Å². The van der Waals surface area contributed by atoms with Gasteiger partial charge < -0.3 is 10.1 Å². The van der Waals surface area contributed by atoms with Gasteiger partial charge in [0.2, 0.25) is 5.91 Å². The van der Waals surface area contributed by atoms with Gasteiger partial charge in [0.25, 0.3) is 0 Å². The van der Waals surface area contributed by atoms with Gasteiger partial charge in [0.1, 0.15) is 0 Å². The van der Waals surface area contributed by atoms with Crippen molar-refractivity contribution in [3.8, 4) is 0 Å². The number of alkyl halides is 1. The molecule has 1 aliphatic heterocycles. The van der Waals surface area contributed by atoms with Crippen molar-refractivity contribution in [2.24, 2.45) is 5.92 Å². The molecule has 4 heteroatoms. The number of halogens is 1. The minimum atomic E-state index is 0.0825. The van der Waals surface area contributed by atoms with Gasteiger partial charge in [-0.2, -0.15) is 0 Å². The van der Waals surface area contributed by atoms with Crippen LogP contribution in [0.4, 0.5) is 0 Å². The summed E-state index contributed by atoms with van der Waals surface area (Å²) in [6.45, 7) is 1.42. The SMILES string of the molecule is O=C(NC1CCCC1Br)C1CCCOC1. The number of carbonyl (C=O) groups excluding carboxylic acids is 1. The molecular formula is C11H18BrNO2. The second-order valence-corrected chi connectivity index (χ2v) is 5.65. The highest BCUT2D eigenvalue weighted by Crippen LogP contribution is 2.26. The lowest BCUT2D eigenvalue weighted by Gasteiger charge is -2.24. The fourth-order valence-corrected chi connectivity index (χ4v) is 3.05. The lowest BCUT2D eigenvalue weighted by molar-refractivity contribution is -0.129. The van der Waals surface area contributed by atoms with Crippen LogP contribution in [0.1, 0.15) is 32.1 Å². The molecule has 0 aromatic rings. The van der Waals surface area contributed by atoms with Crippen molar-refractivity contribution in [2.45, 2.75) is 43.0 Å². The van der Waals surface area contributed by atoms with Crippen molar-refractivity contribution in [1.29, 1.82) is 0 Å². The van der Waals surface area contributed by atoms with E-state index in [2.05, 4.69) is 21.2 Å². The van der Waals surface area contributed by atoms with Crippen molar-refractivity contribution < 1.29 is 9.53 Å². The third-order valence-corrected chi connectivity index (χ3v) is 4.39. The topological polar surface area (TPSA) is 38.3 Å². The molecule has 0 aromatic carbocycles. The van der Waals surface area contributed by atoms with Crippen LogP contribution in [0.15, 0.2) is 0 Å². The number of hydrogen-bond donors (Lipinski definition) is 1. The first-order chi connectivity index (χ1) is 7.27. The summed E-state index contributed by atoms with van der Waals surface area (Å²) in [5.74, 6) is 0.269. The van der Waals surface area contributed by atoms with Gasteiger partial charge in [0.15, 0.2) is 0 Å². The molecule has 0 bridgehead atoms. The fraction of sp³-hybridized carbons (Fsp3) is 0.909. The second kappa shape index (κ2) is 5.30. The standard InChI is InChI=1S/C11H18BrNO2/c12-9-4-1-5-10(9)13-11(14)8-3-2-6-15-7-8/h8-10H,1-7H2,(H,13,14). The number of nitrogens with one attached hydrogen (secondary N) is 1. The Balaban J connectivity index is 1.80. The number of hydrogen-bond acceptors (Lipinski definition) is 2. The van der Waals surface area contributed by atoms with Crippen LogP contribution in [0.5, 0.6) is 0 Å². The molecule has 1 N–H and O–H groups in total. The molecule has 1 amide bonds. The summed E-state index contributed by atoms with van der Waals surface area (Å²) in [4.78, 5) is 12.4. The lowest BCUT2D eigenvalue weighted by Crippen LogP contribution is -2.43. The molecule has 1 saturated heterocycles. The molecule has 1 aliphatic carbocycles. The van der Waals surface area contributed by atoms with Crippen molar-refractivity contribution in [3.63, 3.8) is 0 Å². The molecular weight excluding hydrogens is 258 g/mol. The molecule has 2 rings (SSSR count). The molecule has 0 aromatic heterocycles. The molecule has 3 nitrogen and oxygen atoms in total. The second-order valence-electron chi connectivity index (χ2n) is 4.48. The molecule has 0 spiro atoms. The Kier molecular flexibility index (Phi) is 4.03. The van der Waals surface area contributed by atoms with Gasteiger partial charge in [-0.15, -0.1) is 0 Å². The van der Waals surface area contributed by atoms with Crippen molar-refractivity contribution in [3.05, 3.63) is 0 Å². The van der Waals surface area contributed by atoms with E-state index in [-0.39, 0.29) is 11.8 Å². The minimum absolute atomic E-state index is 0.0825. The smallest absolute Gasteiger partial charge is 0.225 e.